The lowest BCUT2D eigenvalue weighted by Gasteiger charge is -2.12. The van der Waals surface area contributed by atoms with Gasteiger partial charge in [-0.25, -0.2) is 0 Å². The minimum absolute atomic E-state index is 0.0372. The van der Waals surface area contributed by atoms with Crippen LogP contribution in [0.1, 0.15) is 28.5 Å². The molecule has 92 valence electrons. The van der Waals surface area contributed by atoms with Gasteiger partial charge < -0.3 is 15.5 Å². The summed E-state index contributed by atoms with van der Waals surface area (Å²) in [6, 6.07) is 7.51. The van der Waals surface area contributed by atoms with Gasteiger partial charge in [-0.3, -0.25) is 4.79 Å². The maximum Gasteiger partial charge on any atom is 0.228 e. The predicted molar refractivity (Wildman–Crippen MR) is 68.3 cm³/mol. The number of rotatable bonds is 2. The predicted octanol–water partition coefficient (Wildman–Crippen LogP) is 2.13. The third-order valence-corrected chi connectivity index (χ3v) is 3.35. The molecule has 18 heavy (non-hydrogen) atoms. The van der Waals surface area contributed by atoms with Crippen LogP contribution in [-0.4, -0.2) is 5.91 Å². The van der Waals surface area contributed by atoms with Gasteiger partial charge in [-0.05, 0) is 30.2 Å². The first-order chi connectivity index (χ1) is 8.65. The van der Waals surface area contributed by atoms with Gasteiger partial charge in [-0.15, -0.1) is 0 Å². The summed E-state index contributed by atoms with van der Waals surface area (Å²) in [5.41, 5.74) is 10.1. The first-order valence-electron chi connectivity index (χ1n) is 5.87. The molecule has 1 aliphatic heterocycles. The number of hydrogen-bond donors (Lipinski definition) is 2. The molecule has 3 N–H and O–H groups in total. The summed E-state index contributed by atoms with van der Waals surface area (Å²) >= 11 is 0. The Balaban J connectivity index is 1.97. The zero-order valence-electron chi connectivity index (χ0n) is 10.1. The van der Waals surface area contributed by atoms with Gasteiger partial charge in [0.05, 0.1) is 18.7 Å². The molecule has 0 saturated heterocycles. The maximum absolute atomic E-state index is 11.3. The number of hydrogen-bond acceptors (Lipinski definition) is 3. The number of anilines is 1. The standard InChI is InChI=1S/C14H14N2O2/c1-8-11(4-5-18-8)14(15)9-2-3-12-10(6-9)7-13(17)16-12/h2-6,14H,7,15H2,1H3,(H,16,17). The Morgan fingerprint density at radius 2 is 2.22 bits per heavy atom. The summed E-state index contributed by atoms with van der Waals surface area (Å²) in [6.45, 7) is 1.90. The quantitative estimate of drug-likeness (QED) is 0.847. The minimum atomic E-state index is -0.218. The van der Waals surface area contributed by atoms with Gasteiger partial charge in [-0.1, -0.05) is 12.1 Å². The van der Waals surface area contributed by atoms with E-state index in [1.54, 1.807) is 6.26 Å². The number of aryl methyl sites for hydroxylation is 1. The number of carbonyl (C=O) groups is 1. The monoisotopic (exact) mass is 242 g/mol. The number of carbonyl (C=O) groups excluding carboxylic acids is 1. The molecule has 1 amide bonds. The third-order valence-electron chi connectivity index (χ3n) is 3.35. The molecule has 0 bridgehead atoms. The first-order valence-corrected chi connectivity index (χ1v) is 5.87. The number of nitrogens with one attached hydrogen (secondary N) is 1. The van der Waals surface area contributed by atoms with E-state index < -0.39 is 0 Å². The Hall–Kier alpha value is -2.07. The number of amides is 1. The minimum Gasteiger partial charge on any atom is -0.469 e. The molecule has 2 aromatic rings. The van der Waals surface area contributed by atoms with E-state index in [1.807, 2.05) is 31.2 Å². The van der Waals surface area contributed by atoms with Crippen LogP contribution in [0, 0.1) is 6.92 Å². The van der Waals surface area contributed by atoms with Gasteiger partial charge in [0.2, 0.25) is 5.91 Å². The smallest absolute Gasteiger partial charge is 0.228 e. The molecule has 2 heterocycles. The molecule has 0 aliphatic carbocycles. The lowest BCUT2D eigenvalue weighted by atomic mass is 9.97. The van der Waals surface area contributed by atoms with Crippen molar-refractivity contribution in [1.29, 1.82) is 0 Å². The van der Waals surface area contributed by atoms with E-state index in [4.69, 9.17) is 10.2 Å². The van der Waals surface area contributed by atoms with Crippen LogP contribution >= 0.6 is 0 Å². The average molecular weight is 242 g/mol. The zero-order valence-corrected chi connectivity index (χ0v) is 10.1. The summed E-state index contributed by atoms with van der Waals surface area (Å²) in [5.74, 6) is 0.868. The molecule has 0 fully saturated rings. The van der Waals surface area contributed by atoms with Crippen LogP contribution in [0.15, 0.2) is 34.9 Å². The Bertz CT molecular complexity index is 616. The van der Waals surface area contributed by atoms with E-state index in [2.05, 4.69) is 5.32 Å². The Labute approximate surface area is 105 Å². The van der Waals surface area contributed by atoms with Gasteiger partial charge in [0.15, 0.2) is 0 Å². The van der Waals surface area contributed by atoms with Gasteiger partial charge in [0.1, 0.15) is 5.76 Å². The summed E-state index contributed by atoms with van der Waals surface area (Å²) in [7, 11) is 0. The van der Waals surface area contributed by atoms with Crippen LogP contribution in [-0.2, 0) is 11.2 Å². The van der Waals surface area contributed by atoms with Gasteiger partial charge >= 0.3 is 0 Å². The summed E-state index contributed by atoms with van der Waals surface area (Å²) in [5, 5.41) is 2.81. The van der Waals surface area contributed by atoms with Crippen LogP contribution < -0.4 is 11.1 Å². The van der Waals surface area contributed by atoms with Crippen LogP contribution in [0.25, 0.3) is 0 Å². The van der Waals surface area contributed by atoms with E-state index >= 15 is 0 Å². The summed E-state index contributed by atoms with van der Waals surface area (Å²) in [6.07, 6.45) is 2.07. The van der Waals surface area contributed by atoms with Crippen molar-refractivity contribution in [3.63, 3.8) is 0 Å². The van der Waals surface area contributed by atoms with Crippen LogP contribution in [0.4, 0.5) is 5.69 Å². The molecular weight excluding hydrogens is 228 g/mol. The molecule has 1 aromatic carbocycles. The van der Waals surface area contributed by atoms with Gasteiger partial charge in [0.25, 0.3) is 0 Å². The number of benzene rings is 1. The lowest BCUT2D eigenvalue weighted by Crippen LogP contribution is -2.12. The van der Waals surface area contributed by atoms with Crippen molar-refractivity contribution in [2.45, 2.75) is 19.4 Å². The van der Waals surface area contributed by atoms with Gasteiger partial charge in [0, 0.05) is 11.3 Å². The van der Waals surface area contributed by atoms with Crippen molar-refractivity contribution < 1.29 is 9.21 Å². The fourth-order valence-corrected chi connectivity index (χ4v) is 2.34. The largest absolute Gasteiger partial charge is 0.469 e. The van der Waals surface area contributed by atoms with Gasteiger partial charge in [-0.2, -0.15) is 0 Å². The molecule has 4 nitrogen and oxygen atoms in total. The molecule has 0 spiro atoms. The van der Waals surface area contributed by atoms with Crippen LogP contribution in [0.5, 0.6) is 0 Å². The fraction of sp³-hybridized carbons (Fsp3) is 0.214. The van der Waals surface area contributed by atoms with Crippen LogP contribution in [0.2, 0.25) is 0 Å². The molecule has 1 unspecified atom stereocenters. The molecule has 0 saturated carbocycles. The summed E-state index contributed by atoms with van der Waals surface area (Å²) < 4.78 is 5.27. The van der Waals surface area contributed by atoms with E-state index in [0.29, 0.717) is 6.42 Å². The molecule has 1 aromatic heterocycles. The second kappa shape index (κ2) is 3.99. The van der Waals surface area contributed by atoms with Crippen LogP contribution in [0.3, 0.4) is 0 Å². The van der Waals surface area contributed by atoms with E-state index in [1.165, 1.54) is 0 Å². The van der Waals surface area contributed by atoms with E-state index in [0.717, 1.165) is 28.1 Å². The summed E-state index contributed by atoms with van der Waals surface area (Å²) in [4.78, 5) is 11.3. The molecule has 0 radical (unpaired) electrons. The first kappa shape index (κ1) is 11.0. The lowest BCUT2D eigenvalue weighted by molar-refractivity contribution is -0.115. The third kappa shape index (κ3) is 1.71. The Kier molecular flexibility index (Phi) is 2.45. The molecule has 4 heteroatoms. The number of fused-ring (bicyclic) bond motifs is 1. The average Bonchev–Trinajstić information content (AvgIpc) is 2.91. The highest BCUT2D eigenvalue weighted by atomic mass is 16.3. The fourth-order valence-electron chi connectivity index (χ4n) is 2.34. The second-order valence-corrected chi connectivity index (χ2v) is 4.55. The highest BCUT2D eigenvalue weighted by Gasteiger charge is 2.20. The molecule has 1 aliphatic rings. The molecule has 1 atom stereocenters. The molecule has 3 rings (SSSR count). The topological polar surface area (TPSA) is 68.3 Å². The molecular formula is C14H14N2O2. The van der Waals surface area contributed by atoms with E-state index in [9.17, 15) is 4.79 Å². The van der Waals surface area contributed by atoms with Crippen molar-refractivity contribution in [2.24, 2.45) is 5.73 Å². The normalized spacial score (nSPS) is 15.3. The van der Waals surface area contributed by atoms with Crippen molar-refractivity contribution >= 4 is 11.6 Å². The van der Waals surface area contributed by atoms with Crippen molar-refractivity contribution in [3.8, 4) is 0 Å². The second-order valence-electron chi connectivity index (χ2n) is 4.55. The Morgan fingerprint density at radius 3 is 2.94 bits per heavy atom. The van der Waals surface area contributed by atoms with E-state index in [-0.39, 0.29) is 11.9 Å². The SMILES string of the molecule is Cc1occc1C(N)c1ccc2c(c1)CC(=O)N2. The van der Waals surface area contributed by atoms with Crippen molar-refractivity contribution in [2.75, 3.05) is 5.32 Å². The zero-order chi connectivity index (χ0) is 12.7. The van der Waals surface area contributed by atoms with Crippen molar-refractivity contribution in [1.82, 2.24) is 0 Å². The van der Waals surface area contributed by atoms with Crippen molar-refractivity contribution in [3.05, 3.63) is 53.0 Å². The number of nitrogens with two attached hydrogens (primary N) is 1. The number of furan rings is 1. The highest BCUT2D eigenvalue weighted by Crippen LogP contribution is 2.29. The Morgan fingerprint density at radius 1 is 1.39 bits per heavy atom. The highest BCUT2D eigenvalue weighted by molar-refractivity contribution is 5.99. The maximum atomic E-state index is 11.3.